The molecule has 1 aromatic rings. The fourth-order valence-corrected chi connectivity index (χ4v) is 1.39. The summed E-state index contributed by atoms with van der Waals surface area (Å²) in [5.74, 6) is -4.59. The number of esters is 1. The number of aromatic nitrogens is 1. The Morgan fingerprint density at radius 1 is 1.23 bits per heavy atom. The molecule has 0 radical (unpaired) electrons. The fourth-order valence-electron chi connectivity index (χ4n) is 1.39. The Morgan fingerprint density at radius 2 is 1.82 bits per heavy atom. The summed E-state index contributed by atoms with van der Waals surface area (Å²) in [5.41, 5.74) is -3.00. The number of pyridine rings is 1. The van der Waals surface area contributed by atoms with Gasteiger partial charge >= 0.3 is 18.5 Å². The molecule has 0 spiro atoms. The zero-order valence-electron chi connectivity index (χ0n) is 10.8. The standard InChI is InChI=1S/C11H8F7NO3/c1-2-21-8(20)4-6-7(22-11(16,17)18)3-5(9(12)19-6)10(13,14)15/h3H,2,4H2,1H3. The molecule has 124 valence electrons. The SMILES string of the molecule is CCOC(=O)Cc1nc(F)c(C(F)(F)F)cc1OC(F)(F)F. The topological polar surface area (TPSA) is 48.4 Å². The lowest BCUT2D eigenvalue weighted by Gasteiger charge is -2.15. The third kappa shape index (κ3) is 5.04. The van der Waals surface area contributed by atoms with Gasteiger partial charge in [0.05, 0.1) is 18.7 Å². The van der Waals surface area contributed by atoms with Gasteiger partial charge in [0.1, 0.15) is 5.56 Å². The predicted molar refractivity (Wildman–Crippen MR) is 56.2 cm³/mol. The van der Waals surface area contributed by atoms with Gasteiger partial charge in [-0.15, -0.1) is 13.2 Å². The molecule has 22 heavy (non-hydrogen) atoms. The molecule has 0 saturated heterocycles. The van der Waals surface area contributed by atoms with E-state index in [1.807, 2.05) is 0 Å². The van der Waals surface area contributed by atoms with Gasteiger partial charge in [0.15, 0.2) is 5.75 Å². The number of nitrogens with zero attached hydrogens (tertiary/aromatic N) is 1. The molecule has 1 heterocycles. The van der Waals surface area contributed by atoms with Gasteiger partial charge in [0.25, 0.3) is 0 Å². The molecule has 1 rings (SSSR count). The summed E-state index contributed by atoms with van der Waals surface area (Å²) >= 11 is 0. The predicted octanol–water partition coefficient (Wildman–Crippen LogP) is 3.24. The van der Waals surface area contributed by atoms with Gasteiger partial charge < -0.3 is 9.47 Å². The van der Waals surface area contributed by atoms with Crippen LogP contribution in [0, 0.1) is 5.95 Å². The van der Waals surface area contributed by atoms with Crippen LogP contribution in [-0.2, 0) is 22.1 Å². The average molecular weight is 335 g/mol. The van der Waals surface area contributed by atoms with Crippen molar-refractivity contribution in [2.45, 2.75) is 25.9 Å². The smallest absolute Gasteiger partial charge is 0.466 e. The molecule has 0 aliphatic carbocycles. The second-order valence-corrected chi connectivity index (χ2v) is 3.80. The number of halogens is 7. The molecule has 0 aliphatic rings. The summed E-state index contributed by atoms with van der Waals surface area (Å²) in [6.45, 7) is 1.27. The van der Waals surface area contributed by atoms with E-state index in [0.29, 0.717) is 0 Å². The normalized spacial score (nSPS) is 12.2. The molecule has 0 amide bonds. The molecule has 0 fully saturated rings. The van der Waals surface area contributed by atoms with Crippen molar-refractivity contribution >= 4 is 5.97 Å². The minimum absolute atomic E-state index is 0.128. The van der Waals surface area contributed by atoms with Crippen LogP contribution in [-0.4, -0.2) is 23.9 Å². The number of ether oxygens (including phenoxy) is 2. The summed E-state index contributed by atoms with van der Waals surface area (Å²) in [4.78, 5) is 13.9. The summed E-state index contributed by atoms with van der Waals surface area (Å²) in [6.07, 6.45) is -11.6. The highest BCUT2D eigenvalue weighted by Crippen LogP contribution is 2.36. The van der Waals surface area contributed by atoms with Crippen LogP contribution < -0.4 is 4.74 Å². The summed E-state index contributed by atoms with van der Waals surface area (Å²) in [7, 11) is 0. The van der Waals surface area contributed by atoms with E-state index >= 15 is 0 Å². The van der Waals surface area contributed by atoms with E-state index in [4.69, 9.17) is 0 Å². The van der Waals surface area contributed by atoms with Crippen molar-refractivity contribution < 1.29 is 45.0 Å². The number of hydrogen-bond donors (Lipinski definition) is 0. The molecule has 0 bridgehead atoms. The summed E-state index contributed by atoms with van der Waals surface area (Å²) < 4.78 is 95.0. The van der Waals surface area contributed by atoms with Crippen molar-refractivity contribution in [3.05, 3.63) is 23.3 Å². The second kappa shape index (κ2) is 6.36. The van der Waals surface area contributed by atoms with E-state index in [1.165, 1.54) is 6.92 Å². The third-order valence-electron chi connectivity index (χ3n) is 2.16. The van der Waals surface area contributed by atoms with Crippen molar-refractivity contribution in [1.82, 2.24) is 4.98 Å². The maximum Gasteiger partial charge on any atom is 0.573 e. The van der Waals surface area contributed by atoms with Gasteiger partial charge in [-0.2, -0.15) is 17.6 Å². The Kier molecular flexibility index (Phi) is 5.20. The van der Waals surface area contributed by atoms with E-state index in [-0.39, 0.29) is 12.7 Å². The van der Waals surface area contributed by atoms with Crippen LogP contribution in [0.1, 0.15) is 18.2 Å². The van der Waals surface area contributed by atoms with Gasteiger partial charge in [0.2, 0.25) is 5.95 Å². The van der Waals surface area contributed by atoms with Crippen molar-refractivity contribution in [3.63, 3.8) is 0 Å². The van der Waals surface area contributed by atoms with E-state index in [9.17, 15) is 35.5 Å². The molecule has 0 aliphatic heterocycles. The first-order valence-corrected chi connectivity index (χ1v) is 5.62. The minimum atomic E-state index is -5.34. The molecule has 1 aromatic heterocycles. The van der Waals surface area contributed by atoms with Crippen LogP contribution >= 0.6 is 0 Å². The molecule has 0 N–H and O–H groups in total. The van der Waals surface area contributed by atoms with Gasteiger partial charge in [-0.25, -0.2) is 4.98 Å². The zero-order valence-corrected chi connectivity index (χ0v) is 10.8. The van der Waals surface area contributed by atoms with Crippen LogP contribution in [0.4, 0.5) is 30.7 Å². The highest BCUT2D eigenvalue weighted by molar-refractivity contribution is 5.72. The lowest BCUT2D eigenvalue weighted by atomic mass is 10.2. The second-order valence-electron chi connectivity index (χ2n) is 3.80. The Labute approximate surface area is 118 Å². The molecule has 0 saturated carbocycles. The summed E-state index contributed by atoms with van der Waals surface area (Å²) in [6, 6.07) is -0.204. The van der Waals surface area contributed by atoms with Gasteiger partial charge in [-0.1, -0.05) is 0 Å². The van der Waals surface area contributed by atoms with E-state index in [1.54, 1.807) is 0 Å². The average Bonchev–Trinajstić information content (AvgIpc) is 2.29. The van der Waals surface area contributed by atoms with Crippen molar-refractivity contribution in [1.29, 1.82) is 0 Å². The van der Waals surface area contributed by atoms with Gasteiger partial charge in [-0.3, -0.25) is 4.79 Å². The molecule has 0 atom stereocenters. The van der Waals surface area contributed by atoms with E-state index in [2.05, 4.69) is 14.5 Å². The Bertz CT molecular complexity index is 554. The van der Waals surface area contributed by atoms with E-state index < -0.39 is 47.9 Å². The van der Waals surface area contributed by atoms with Gasteiger partial charge in [-0.05, 0) is 13.0 Å². The van der Waals surface area contributed by atoms with Crippen LogP contribution in [0.2, 0.25) is 0 Å². The van der Waals surface area contributed by atoms with Crippen LogP contribution in [0.25, 0.3) is 0 Å². The highest BCUT2D eigenvalue weighted by atomic mass is 19.4. The molecular weight excluding hydrogens is 327 g/mol. The fraction of sp³-hybridized carbons (Fsp3) is 0.455. The van der Waals surface area contributed by atoms with Crippen molar-refractivity contribution in [3.8, 4) is 5.75 Å². The molecule has 0 unspecified atom stereocenters. The lowest BCUT2D eigenvalue weighted by Crippen LogP contribution is -2.21. The lowest BCUT2D eigenvalue weighted by molar-refractivity contribution is -0.275. The number of carbonyl (C=O) groups is 1. The van der Waals surface area contributed by atoms with Crippen LogP contribution in [0.15, 0.2) is 6.07 Å². The third-order valence-corrected chi connectivity index (χ3v) is 2.16. The Hall–Kier alpha value is -2.07. The number of rotatable bonds is 4. The molecule has 4 nitrogen and oxygen atoms in total. The first-order valence-electron chi connectivity index (χ1n) is 5.62. The highest BCUT2D eigenvalue weighted by Gasteiger charge is 2.39. The number of hydrogen-bond acceptors (Lipinski definition) is 4. The molecule has 0 aromatic carbocycles. The number of carbonyl (C=O) groups excluding carboxylic acids is 1. The van der Waals surface area contributed by atoms with Gasteiger partial charge in [0, 0.05) is 0 Å². The maximum atomic E-state index is 13.3. The first-order chi connectivity index (χ1) is 9.94. The largest absolute Gasteiger partial charge is 0.573 e. The van der Waals surface area contributed by atoms with E-state index in [0.717, 1.165) is 0 Å². The van der Waals surface area contributed by atoms with Crippen LogP contribution in [0.5, 0.6) is 5.75 Å². The molecular formula is C11H8F7NO3. The first kappa shape index (κ1) is 18.0. The van der Waals surface area contributed by atoms with Crippen molar-refractivity contribution in [2.75, 3.05) is 6.61 Å². The van der Waals surface area contributed by atoms with Crippen LogP contribution in [0.3, 0.4) is 0 Å². The Balaban J connectivity index is 3.29. The zero-order chi connectivity index (χ0) is 17.1. The molecule has 11 heteroatoms. The Morgan fingerprint density at radius 3 is 2.27 bits per heavy atom. The number of alkyl halides is 6. The maximum absolute atomic E-state index is 13.3. The summed E-state index contributed by atoms with van der Waals surface area (Å²) in [5, 5.41) is 0. The monoisotopic (exact) mass is 335 g/mol. The van der Waals surface area contributed by atoms with Crippen molar-refractivity contribution in [2.24, 2.45) is 0 Å². The quantitative estimate of drug-likeness (QED) is 0.481. The minimum Gasteiger partial charge on any atom is -0.466 e.